The minimum absolute atomic E-state index is 0.213. The molecular formula is C13H24N2O2. The number of piperidine rings is 2. The molecule has 0 saturated carbocycles. The average Bonchev–Trinajstić information content (AvgIpc) is 2.40. The molecule has 2 fully saturated rings. The number of carbonyl (C=O) groups is 1. The van der Waals surface area contributed by atoms with E-state index in [0.29, 0.717) is 11.8 Å². The van der Waals surface area contributed by atoms with Crippen LogP contribution < -0.4 is 5.32 Å². The highest BCUT2D eigenvalue weighted by Crippen LogP contribution is 2.20. The van der Waals surface area contributed by atoms with Gasteiger partial charge in [-0.25, -0.2) is 0 Å². The number of nitrogens with one attached hydrogen (secondary N) is 1. The maximum atomic E-state index is 12.3. The summed E-state index contributed by atoms with van der Waals surface area (Å²) in [6.07, 6.45) is 4.50. The zero-order valence-corrected chi connectivity index (χ0v) is 10.8. The molecule has 4 nitrogen and oxygen atoms in total. The number of nitrogens with zero attached hydrogens (tertiary/aromatic N) is 1. The molecule has 2 aliphatic heterocycles. The summed E-state index contributed by atoms with van der Waals surface area (Å²) in [5, 5.41) is 3.32. The Balaban J connectivity index is 1.85. The Hall–Kier alpha value is -0.610. The van der Waals surface area contributed by atoms with E-state index in [-0.39, 0.29) is 5.92 Å². The summed E-state index contributed by atoms with van der Waals surface area (Å²) in [7, 11) is 1.74. The van der Waals surface area contributed by atoms with Crippen molar-refractivity contribution in [1.29, 1.82) is 0 Å². The molecule has 4 heteroatoms. The number of hydrogen-bond donors (Lipinski definition) is 1. The Bertz CT molecular complexity index is 250. The van der Waals surface area contributed by atoms with Crippen LogP contribution in [-0.2, 0) is 9.53 Å². The second-order valence-electron chi connectivity index (χ2n) is 5.29. The molecule has 1 N–H and O–H groups in total. The van der Waals surface area contributed by atoms with Crippen LogP contribution >= 0.6 is 0 Å². The van der Waals surface area contributed by atoms with Gasteiger partial charge in [-0.15, -0.1) is 0 Å². The van der Waals surface area contributed by atoms with E-state index in [2.05, 4.69) is 10.2 Å². The normalized spacial score (nSPS) is 30.3. The predicted molar refractivity (Wildman–Crippen MR) is 66.8 cm³/mol. The van der Waals surface area contributed by atoms with Gasteiger partial charge in [-0.3, -0.25) is 4.79 Å². The Morgan fingerprint density at radius 3 is 3.00 bits per heavy atom. The molecule has 2 saturated heterocycles. The van der Waals surface area contributed by atoms with Crippen molar-refractivity contribution in [3.8, 4) is 0 Å². The molecule has 0 aromatic carbocycles. The van der Waals surface area contributed by atoms with Gasteiger partial charge in [-0.2, -0.15) is 0 Å². The fourth-order valence-electron chi connectivity index (χ4n) is 2.96. The highest BCUT2D eigenvalue weighted by molar-refractivity contribution is 5.79. The van der Waals surface area contributed by atoms with Crippen LogP contribution in [0.2, 0.25) is 0 Å². The van der Waals surface area contributed by atoms with Gasteiger partial charge in [0.05, 0.1) is 12.5 Å². The quantitative estimate of drug-likeness (QED) is 0.796. The minimum Gasteiger partial charge on any atom is -0.384 e. The number of carbonyl (C=O) groups excluding carboxylic acids is 1. The molecule has 2 atom stereocenters. The lowest BCUT2D eigenvalue weighted by Crippen LogP contribution is -2.47. The second kappa shape index (κ2) is 6.36. The number of rotatable bonds is 3. The van der Waals surface area contributed by atoms with E-state index in [4.69, 9.17) is 4.74 Å². The third kappa shape index (κ3) is 3.42. The summed E-state index contributed by atoms with van der Waals surface area (Å²) < 4.78 is 5.20. The standard InChI is InChI=1S/C13H24N2O2/c1-17-10-11-4-3-7-15(9-11)13(16)12-5-2-6-14-8-12/h11-12,14H,2-10H2,1H3/t11?,12-/m1/s1. The molecule has 98 valence electrons. The van der Waals surface area contributed by atoms with Gasteiger partial charge in [-0.1, -0.05) is 0 Å². The van der Waals surface area contributed by atoms with Crippen molar-refractivity contribution in [2.24, 2.45) is 11.8 Å². The summed E-state index contributed by atoms with van der Waals surface area (Å²) in [4.78, 5) is 14.4. The van der Waals surface area contributed by atoms with Crippen molar-refractivity contribution in [1.82, 2.24) is 10.2 Å². The molecule has 0 spiro atoms. The highest BCUT2D eigenvalue weighted by Gasteiger charge is 2.29. The van der Waals surface area contributed by atoms with Gasteiger partial charge in [0, 0.05) is 26.7 Å². The first-order valence-corrected chi connectivity index (χ1v) is 6.79. The average molecular weight is 240 g/mol. The summed E-state index contributed by atoms with van der Waals surface area (Å²) in [5.74, 6) is 1.11. The molecule has 1 unspecified atom stereocenters. The Kier molecular flexibility index (Phi) is 4.80. The van der Waals surface area contributed by atoms with Gasteiger partial charge in [0.2, 0.25) is 5.91 Å². The molecule has 0 aromatic rings. The van der Waals surface area contributed by atoms with Crippen LogP contribution in [0.1, 0.15) is 25.7 Å². The molecule has 2 heterocycles. The van der Waals surface area contributed by atoms with Crippen LogP contribution in [0.5, 0.6) is 0 Å². The molecule has 1 amide bonds. The van der Waals surface area contributed by atoms with Crippen LogP contribution in [-0.4, -0.2) is 50.7 Å². The van der Waals surface area contributed by atoms with E-state index >= 15 is 0 Å². The van der Waals surface area contributed by atoms with Crippen molar-refractivity contribution in [3.63, 3.8) is 0 Å². The van der Waals surface area contributed by atoms with Gasteiger partial charge in [-0.05, 0) is 38.1 Å². The first-order valence-electron chi connectivity index (χ1n) is 6.79. The maximum Gasteiger partial charge on any atom is 0.226 e. The van der Waals surface area contributed by atoms with E-state index in [1.807, 2.05) is 0 Å². The van der Waals surface area contributed by atoms with Crippen molar-refractivity contribution >= 4 is 5.91 Å². The first kappa shape index (κ1) is 12.8. The molecule has 2 rings (SSSR count). The van der Waals surface area contributed by atoms with Crippen molar-refractivity contribution in [2.75, 3.05) is 39.9 Å². The predicted octanol–water partition coefficient (Wildman–Crippen LogP) is 0.871. The van der Waals surface area contributed by atoms with Crippen molar-refractivity contribution in [3.05, 3.63) is 0 Å². The minimum atomic E-state index is 0.213. The lowest BCUT2D eigenvalue weighted by molar-refractivity contribution is -0.138. The maximum absolute atomic E-state index is 12.3. The fraction of sp³-hybridized carbons (Fsp3) is 0.923. The number of likely N-dealkylation sites (tertiary alicyclic amines) is 1. The molecule has 17 heavy (non-hydrogen) atoms. The number of methoxy groups -OCH3 is 1. The van der Waals surface area contributed by atoms with Gasteiger partial charge >= 0.3 is 0 Å². The summed E-state index contributed by atoms with van der Waals surface area (Å²) >= 11 is 0. The van der Waals surface area contributed by atoms with E-state index in [1.165, 1.54) is 6.42 Å². The van der Waals surface area contributed by atoms with Crippen LogP contribution in [0.15, 0.2) is 0 Å². The first-order chi connectivity index (χ1) is 8.31. The number of hydrogen-bond acceptors (Lipinski definition) is 3. The van der Waals surface area contributed by atoms with Crippen molar-refractivity contribution in [2.45, 2.75) is 25.7 Å². The Labute approximate surface area is 104 Å². The smallest absolute Gasteiger partial charge is 0.226 e. The topological polar surface area (TPSA) is 41.6 Å². The van der Waals surface area contributed by atoms with Crippen LogP contribution in [0.4, 0.5) is 0 Å². The largest absolute Gasteiger partial charge is 0.384 e. The third-order valence-corrected chi connectivity index (χ3v) is 3.88. The summed E-state index contributed by atoms with van der Waals surface area (Å²) in [5.41, 5.74) is 0. The van der Waals surface area contributed by atoms with Gasteiger partial charge in [0.1, 0.15) is 0 Å². The zero-order chi connectivity index (χ0) is 12.1. The molecule has 0 bridgehead atoms. The second-order valence-corrected chi connectivity index (χ2v) is 5.29. The molecule has 0 aliphatic carbocycles. The Morgan fingerprint density at radius 2 is 2.29 bits per heavy atom. The number of ether oxygens (including phenoxy) is 1. The zero-order valence-electron chi connectivity index (χ0n) is 10.8. The van der Waals surface area contributed by atoms with E-state index < -0.39 is 0 Å². The molecular weight excluding hydrogens is 216 g/mol. The van der Waals surface area contributed by atoms with Gasteiger partial charge < -0.3 is 15.0 Å². The summed E-state index contributed by atoms with van der Waals surface area (Å²) in [6, 6.07) is 0. The van der Waals surface area contributed by atoms with Crippen LogP contribution in [0, 0.1) is 11.8 Å². The SMILES string of the molecule is COCC1CCCN(C(=O)[C@@H]2CCCNC2)C1. The van der Waals surface area contributed by atoms with Crippen molar-refractivity contribution < 1.29 is 9.53 Å². The monoisotopic (exact) mass is 240 g/mol. The molecule has 2 aliphatic rings. The van der Waals surface area contributed by atoms with Crippen LogP contribution in [0.25, 0.3) is 0 Å². The molecule has 0 aromatic heterocycles. The fourth-order valence-corrected chi connectivity index (χ4v) is 2.96. The lowest BCUT2D eigenvalue weighted by Gasteiger charge is -2.35. The van der Waals surface area contributed by atoms with E-state index in [1.54, 1.807) is 7.11 Å². The van der Waals surface area contributed by atoms with E-state index in [9.17, 15) is 4.79 Å². The number of amides is 1. The van der Waals surface area contributed by atoms with Gasteiger partial charge in [0.15, 0.2) is 0 Å². The molecule has 0 radical (unpaired) electrons. The van der Waals surface area contributed by atoms with E-state index in [0.717, 1.165) is 52.0 Å². The van der Waals surface area contributed by atoms with Gasteiger partial charge in [0.25, 0.3) is 0 Å². The highest BCUT2D eigenvalue weighted by atomic mass is 16.5. The lowest BCUT2D eigenvalue weighted by atomic mass is 9.94. The Morgan fingerprint density at radius 1 is 1.41 bits per heavy atom. The summed E-state index contributed by atoms with van der Waals surface area (Å²) in [6.45, 7) is 4.55. The van der Waals surface area contributed by atoms with Crippen LogP contribution in [0.3, 0.4) is 0 Å². The third-order valence-electron chi connectivity index (χ3n) is 3.88.